The molecule has 1 rings (SSSR count). The van der Waals surface area contributed by atoms with Crippen molar-refractivity contribution in [1.82, 2.24) is 4.72 Å². The Morgan fingerprint density at radius 3 is 2.25 bits per heavy atom. The monoisotopic (exact) mass is 249 g/mol. The molecule has 0 aliphatic heterocycles. The quantitative estimate of drug-likeness (QED) is 0.776. The summed E-state index contributed by atoms with van der Waals surface area (Å²) in [6, 6.07) is 0.0362. The minimum atomic E-state index is -3.12. The number of nitrogens with one attached hydrogen (secondary N) is 1. The van der Waals surface area contributed by atoms with Gasteiger partial charge in [-0.2, -0.15) is 0 Å². The van der Waals surface area contributed by atoms with Gasteiger partial charge >= 0.3 is 0 Å². The fourth-order valence-corrected chi connectivity index (χ4v) is 3.65. The van der Waals surface area contributed by atoms with Gasteiger partial charge in [-0.25, -0.2) is 13.1 Å². The van der Waals surface area contributed by atoms with E-state index in [0.29, 0.717) is 6.61 Å². The molecule has 2 unspecified atom stereocenters. The van der Waals surface area contributed by atoms with Crippen molar-refractivity contribution in [2.75, 3.05) is 12.9 Å². The number of sulfonamides is 1. The molecule has 1 fully saturated rings. The normalized spacial score (nSPS) is 28.8. The van der Waals surface area contributed by atoms with Crippen molar-refractivity contribution < 1.29 is 13.2 Å². The number of hydrogen-bond donors (Lipinski definition) is 1. The summed E-state index contributed by atoms with van der Waals surface area (Å²) in [5, 5.41) is 0. The Balaban J connectivity index is 2.75. The lowest BCUT2D eigenvalue weighted by Crippen LogP contribution is -2.64. The maximum atomic E-state index is 11.3. The van der Waals surface area contributed by atoms with Crippen molar-refractivity contribution in [3.63, 3.8) is 0 Å². The molecule has 0 amide bonds. The van der Waals surface area contributed by atoms with Crippen LogP contribution in [0.25, 0.3) is 0 Å². The zero-order chi connectivity index (χ0) is 12.4. The smallest absolute Gasteiger partial charge is 0.208 e. The van der Waals surface area contributed by atoms with Gasteiger partial charge in [0.1, 0.15) is 0 Å². The van der Waals surface area contributed by atoms with E-state index in [1.54, 1.807) is 0 Å². The summed E-state index contributed by atoms with van der Waals surface area (Å²) in [6.07, 6.45) is 4.11. The highest BCUT2D eigenvalue weighted by Gasteiger charge is 2.54. The van der Waals surface area contributed by atoms with Gasteiger partial charge in [-0.15, -0.1) is 0 Å². The predicted molar refractivity (Wildman–Crippen MR) is 64.8 cm³/mol. The standard InChI is InChI=1S/C11H23NO3S/c1-5-11(6-2)9(12-16(4,13)14)8-10(11)15-7-3/h9-10,12H,5-8H2,1-4H3. The van der Waals surface area contributed by atoms with Crippen LogP contribution < -0.4 is 4.72 Å². The molecule has 0 heterocycles. The van der Waals surface area contributed by atoms with E-state index in [0.717, 1.165) is 19.3 Å². The Hall–Kier alpha value is -0.130. The second-order valence-electron chi connectivity index (χ2n) is 4.56. The summed E-state index contributed by atoms with van der Waals surface area (Å²) in [6.45, 7) is 6.88. The van der Waals surface area contributed by atoms with Crippen LogP contribution in [0.15, 0.2) is 0 Å². The summed E-state index contributed by atoms with van der Waals surface area (Å²) in [4.78, 5) is 0. The lowest BCUT2D eigenvalue weighted by molar-refractivity contribution is -0.132. The molecular weight excluding hydrogens is 226 g/mol. The summed E-state index contributed by atoms with van der Waals surface area (Å²) >= 11 is 0. The van der Waals surface area contributed by atoms with Crippen LogP contribution in [0.1, 0.15) is 40.0 Å². The minimum absolute atomic E-state index is 0.0148. The van der Waals surface area contributed by atoms with Crippen molar-refractivity contribution in [3.05, 3.63) is 0 Å². The van der Waals surface area contributed by atoms with Crippen molar-refractivity contribution in [3.8, 4) is 0 Å². The van der Waals surface area contributed by atoms with Crippen LogP contribution in [0.3, 0.4) is 0 Å². The van der Waals surface area contributed by atoms with Gasteiger partial charge in [0.2, 0.25) is 10.0 Å². The summed E-state index contributed by atoms with van der Waals surface area (Å²) in [7, 11) is -3.12. The van der Waals surface area contributed by atoms with Gasteiger partial charge < -0.3 is 4.74 Å². The van der Waals surface area contributed by atoms with Crippen molar-refractivity contribution in [1.29, 1.82) is 0 Å². The van der Waals surface area contributed by atoms with E-state index in [9.17, 15) is 8.42 Å². The van der Waals surface area contributed by atoms with Gasteiger partial charge in [-0.1, -0.05) is 13.8 Å². The number of hydrogen-bond acceptors (Lipinski definition) is 3. The third kappa shape index (κ3) is 2.57. The molecule has 1 aliphatic carbocycles. The van der Waals surface area contributed by atoms with Crippen LogP contribution in [0, 0.1) is 5.41 Å². The highest BCUT2D eigenvalue weighted by atomic mass is 32.2. The molecular formula is C11H23NO3S. The topological polar surface area (TPSA) is 55.4 Å². The minimum Gasteiger partial charge on any atom is -0.378 e. The summed E-state index contributed by atoms with van der Waals surface area (Å²) in [5.74, 6) is 0. The zero-order valence-electron chi connectivity index (χ0n) is 10.6. The van der Waals surface area contributed by atoms with Gasteiger partial charge in [0.15, 0.2) is 0 Å². The van der Waals surface area contributed by atoms with Gasteiger partial charge in [0.25, 0.3) is 0 Å². The largest absolute Gasteiger partial charge is 0.378 e. The van der Waals surface area contributed by atoms with E-state index < -0.39 is 10.0 Å². The number of rotatable bonds is 6. The molecule has 96 valence electrons. The molecule has 2 atom stereocenters. The second kappa shape index (κ2) is 5.02. The molecule has 0 saturated heterocycles. The third-order valence-electron chi connectivity index (χ3n) is 3.83. The second-order valence-corrected chi connectivity index (χ2v) is 6.34. The molecule has 1 saturated carbocycles. The molecule has 0 spiro atoms. The van der Waals surface area contributed by atoms with E-state index in [4.69, 9.17) is 4.74 Å². The molecule has 1 aliphatic rings. The Bertz CT molecular complexity index is 322. The van der Waals surface area contributed by atoms with Crippen LogP contribution in [0.5, 0.6) is 0 Å². The maximum absolute atomic E-state index is 11.3. The Kier molecular flexibility index (Phi) is 4.37. The van der Waals surface area contributed by atoms with E-state index in [1.165, 1.54) is 6.26 Å². The zero-order valence-corrected chi connectivity index (χ0v) is 11.4. The predicted octanol–water partition coefficient (Wildman–Crippen LogP) is 1.52. The Labute approximate surface area is 98.8 Å². The summed E-state index contributed by atoms with van der Waals surface area (Å²) in [5.41, 5.74) is -0.0148. The molecule has 1 N–H and O–H groups in total. The molecule has 0 bridgehead atoms. The van der Waals surface area contributed by atoms with Crippen LogP contribution in [0.4, 0.5) is 0 Å². The van der Waals surface area contributed by atoms with Crippen molar-refractivity contribution in [2.24, 2.45) is 5.41 Å². The third-order valence-corrected chi connectivity index (χ3v) is 4.54. The average molecular weight is 249 g/mol. The average Bonchev–Trinajstić information content (AvgIpc) is 2.16. The van der Waals surface area contributed by atoms with Crippen LogP contribution >= 0.6 is 0 Å². The van der Waals surface area contributed by atoms with Crippen LogP contribution in [-0.4, -0.2) is 33.4 Å². The van der Waals surface area contributed by atoms with Gasteiger partial charge in [0, 0.05) is 18.1 Å². The lowest BCUT2D eigenvalue weighted by atomic mass is 9.59. The molecule has 5 heteroatoms. The first-order valence-electron chi connectivity index (χ1n) is 5.98. The van der Waals surface area contributed by atoms with E-state index in [-0.39, 0.29) is 17.6 Å². The van der Waals surface area contributed by atoms with Crippen molar-refractivity contribution >= 4 is 10.0 Å². The fourth-order valence-electron chi connectivity index (χ4n) is 2.80. The van der Waals surface area contributed by atoms with E-state index in [2.05, 4.69) is 18.6 Å². The first-order valence-corrected chi connectivity index (χ1v) is 7.87. The van der Waals surface area contributed by atoms with Gasteiger partial charge in [0.05, 0.1) is 12.4 Å². The molecule has 0 aromatic heterocycles. The molecule has 0 aromatic rings. The SMILES string of the molecule is CCOC1CC(NS(C)(=O)=O)C1(CC)CC. The Morgan fingerprint density at radius 1 is 1.31 bits per heavy atom. The maximum Gasteiger partial charge on any atom is 0.208 e. The molecule has 0 radical (unpaired) electrons. The summed E-state index contributed by atoms with van der Waals surface area (Å²) < 4.78 is 30.9. The first-order chi connectivity index (χ1) is 7.39. The highest BCUT2D eigenvalue weighted by molar-refractivity contribution is 7.88. The lowest BCUT2D eigenvalue weighted by Gasteiger charge is -2.55. The van der Waals surface area contributed by atoms with E-state index >= 15 is 0 Å². The fraction of sp³-hybridized carbons (Fsp3) is 1.00. The number of ether oxygens (including phenoxy) is 1. The van der Waals surface area contributed by atoms with Gasteiger partial charge in [-0.3, -0.25) is 0 Å². The van der Waals surface area contributed by atoms with Crippen LogP contribution in [-0.2, 0) is 14.8 Å². The van der Waals surface area contributed by atoms with Gasteiger partial charge in [-0.05, 0) is 26.2 Å². The Morgan fingerprint density at radius 2 is 1.88 bits per heavy atom. The molecule has 16 heavy (non-hydrogen) atoms. The highest BCUT2D eigenvalue weighted by Crippen LogP contribution is 2.49. The first kappa shape index (κ1) is 13.9. The van der Waals surface area contributed by atoms with Crippen LogP contribution in [0.2, 0.25) is 0 Å². The molecule has 4 nitrogen and oxygen atoms in total. The van der Waals surface area contributed by atoms with Crippen molar-refractivity contribution in [2.45, 2.75) is 52.2 Å². The van der Waals surface area contributed by atoms with E-state index in [1.807, 2.05) is 6.92 Å². The molecule has 0 aromatic carbocycles.